The van der Waals surface area contributed by atoms with Crippen molar-refractivity contribution in [3.05, 3.63) is 58.7 Å². The summed E-state index contributed by atoms with van der Waals surface area (Å²) in [6.07, 6.45) is 3.10. The third-order valence-corrected chi connectivity index (χ3v) is 7.13. The minimum Gasteiger partial charge on any atom is -0.427 e. The van der Waals surface area contributed by atoms with Crippen LogP contribution in [0.2, 0.25) is 0 Å². The molecule has 2 aromatic carbocycles. The first-order valence-electron chi connectivity index (χ1n) is 11.0. The molecule has 1 fully saturated rings. The molecule has 5 heteroatoms. The Morgan fingerprint density at radius 3 is 1.90 bits per heavy atom. The summed E-state index contributed by atoms with van der Waals surface area (Å²) < 4.78 is 12.8. The summed E-state index contributed by atoms with van der Waals surface area (Å²) in [4.78, 5) is 0. The van der Waals surface area contributed by atoms with Crippen molar-refractivity contribution in [2.45, 2.75) is 71.9 Å². The molecular weight excluding hydrogens is 391 g/mol. The Bertz CT molecular complexity index is 856. The molecule has 2 N–H and O–H groups in total. The van der Waals surface area contributed by atoms with Gasteiger partial charge in [-0.2, -0.15) is 0 Å². The molecule has 4 rings (SSSR count). The Hall–Kier alpha value is -1.61. The zero-order valence-corrected chi connectivity index (χ0v) is 20.0. The van der Waals surface area contributed by atoms with Crippen LogP contribution in [0.25, 0.3) is 0 Å². The van der Waals surface area contributed by atoms with Crippen LogP contribution in [0.15, 0.2) is 36.4 Å². The number of piperidine rings is 1. The van der Waals surface area contributed by atoms with Crippen LogP contribution in [0, 0.1) is 19.8 Å². The molecule has 0 atom stereocenters. The van der Waals surface area contributed by atoms with Gasteiger partial charge in [0.05, 0.1) is 0 Å². The van der Waals surface area contributed by atoms with Gasteiger partial charge in [-0.15, -0.1) is 0 Å². The fourth-order valence-corrected chi connectivity index (χ4v) is 6.51. The Kier molecular flexibility index (Phi) is 5.87. The first kappa shape index (κ1) is 21.6. The van der Waals surface area contributed by atoms with Gasteiger partial charge in [-0.05, 0) is 83.6 Å². The van der Waals surface area contributed by atoms with Gasteiger partial charge in [0.15, 0.2) is 0 Å². The van der Waals surface area contributed by atoms with Gasteiger partial charge < -0.3 is 14.4 Å². The van der Waals surface area contributed by atoms with Crippen molar-refractivity contribution < 1.29 is 9.05 Å². The summed E-state index contributed by atoms with van der Waals surface area (Å²) >= 11 is 0. The maximum absolute atomic E-state index is 6.39. The molecule has 2 aromatic rings. The van der Waals surface area contributed by atoms with Crippen molar-refractivity contribution in [2.24, 2.45) is 5.92 Å². The highest BCUT2D eigenvalue weighted by Gasteiger charge is 2.38. The number of fused-ring (bicyclic) bond motifs is 2. The highest BCUT2D eigenvalue weighted by Crippen LogP contribution is 2.44. The zero-order chi connectivity index (χ0) is 21.5. The molecule has 0 spiro atoms. The topological polar surface area (TPSA) is 42.5 Å². The maximum atomic E-state index is 6.39. The number of benzene rings is 2. The SMILES string of the molecule is Cc1ccc2c(c1)Cc1cc(C)ccc1OP(NCC1CC(C)(C)NC(C)(C)C1)O2. The van der Waals surface area contributed by atoms with E-state index in [4.69, 9.17) is 9.05 Å². The van der Waals surface area contributed by atoms with Crippen LogP contribution in [0.3, 0.4) is 0 Å². The molecule has 0 radical (unpaired) electrons. The third-order valence-electron chi connectivity index (χ3n) is 5.96. The minimum absolute atomic E-state index is 0.137. The smallest absolute Gasteiger partial charge is 0.381 e. The lowest BCUT2D eigenvalue weighted by Gasteiger charge is -2.46. The molecule has 4 nitrogen and oxygen atoms in total. The number of rotatable bonds is 3. The number of hydrogen-bond acceptors (Lipinski definition) is 4. The number of nitrogens with one attached hydrogen (secondary N) is 2. The van der Waals surface area contributed by atoms with Crippen LogP contribution in [-0.2, 0) is 6.42 Å². The van der Waals surface area contributed by atoms with E-state index in [1.807, 2.05) is 0 Å². The molecule has 1 saturated heterocycles. The third kappa shape index (κ3) is 5.17. The minimum atomic E-state index is -1.26. The molecule has 162 valence electrons. The Labute approximate surface area is 182 Å². The molecule has 2 aliphatic heterocycles. The quantitative estimate of drug-likeness (QED) is 0.588. The Morgan fingerprint density at radius 2 is 1.40 bits per heavy atom. The second-order valence-corrected chi connectivity index (χ2v) is 11.6. The van der Waals surface area contributed by atoms with E-state index >= 15 is 0 Å². The summed E-state index contributed by atoms with van der Waals surface area (Å²) in [7, 11) is -1.26. The average molecular weight is 427 g/mol. The molecule has 0 unspecified atom stereocenters. The average Bonchev–Trinajstić information content (AvgIpc) is 2.59. The van der Waals surface area contributed by atoms with Gasteiger partial charge in [0, 0.05) is 24.0 Å². The molecular formula is C25H35N2O2P. The van der Waals surface area contributed by atoms with Crippen molar-refractivity contribution in [2.75, 3.05) is 6.54 Å². The fourth-order valence-electron chi connectivity index (χ4n) is 5.22. The molecule has 2 aliphatic rings. The first-order chi connectivity index (χ1) is 14.1. The van der Waals surface area contributed by atoms with Gasteiger partial charge in [-0.25, -0.2) is 5.09 Å². The van der Waals surface area contributed by atoms with Crippen molar-refractivity contribution in [1.82, 2.24) is 10.4 Å². The van der Waals surface area contributed by atoms with Crippen molar-refractivity contribution in [3.63, 3.8) is 0 Å². The van der Waals surface area contributed by atoms with Gasteiger partial charge in [-0.1, -0.05) is 35.4 Å². The first-order valence-corrected chi connectivity index (χ1v) is 12.1. The van der Waals surface area contributed by atoms with E-state index in [2.05, 4.69) is 88.3 Å². The lowest BCUT2D eigenvalue weighted by atomic mass is 9.76. The summed E-state index contributed by atoms with van der Waals surface area (Å²) in [5, 5.41) is 7.41. The van der Waals surface area contributed by atoms with Crippen molar-refractivity contribution in [1.29, 1.82) is 0 Å². The van der Waals surface area contributed by atoms with Crippen LogP contribution in [-0.4, -0.2) is 17.6 Å². The van der Waals surface area contributed by atoms with Gasteiger partial charge in [0.25, 0.3) is 0 Å². The normalized spacial score (nSPS) is 20.9. The summed E-state index contributed by atoms with van der Waals surface area (Å²) in [6, 6.07) is 12.9. The van der Waals surface area contributed by atoms with Gasteiger partial charge in [-0.3, -0.25) is 0 Å². The van der Waals surface area contributed by atoms with E-state index in [0.717, 1.165) is 37.3 Å². The summed E-state index contributed by atoms with van der Waals surface area (Å²) in [5.74, 6) is 2.43. The lowest BCUT2D eigenvalue weighted by Crippen LogP contribution is -2.58. The van der Waals surface area contributed by atoms with E-state index in [0.29, 0.717) is 5.92 Å². The van der Waals surface area contributed by atoms with E-state index in [9.17, 15) is 0 Å². The van der Waals surface area contributed by atoms with Crippen LogP contribution in [0.1, 0.15) is 62.8 Å². The molecule has 0 aliphatic carbocycles. The van der Waals surface area contributed by atoms with Crippen LogP contribution in [0.4, 0.5) is 0 Å². The highest BCUT2D eigenvalue weighted by atomic mass is 31.2. The predicted molar refractivity (Wildman–Crippen MR) is 125 cm³/mol. The van der Waals surface area contributed by atoms with E-state index in [1.165, 1.54) is 22.3 Å². The fraction of sp³-hybridized carbons (Fsp3) is 0.520. The summed E-state index contributed by atoms with van der Waals surface area (Å²) in [6.45, 7) is 14.3. The molecule has 0 aromatic heterocycles. The van der Waals surface area contributed by atoms with E-state index in [1.54, 1.807) is 0 Å². The number of hydrogen-bond donors (Lipinski definition) is 2. The van der Waals surface area contributed by atoms with Crippen molar-refractivity contribution in [3.8, 4) is 11.5 Å². The van der Waals surface area contributed by atoms with Crippen LogP contribution >= 0.6 is 8.53 Å². The van der Waals surface area contributed by atoms with Gasteiger partial charge in [0.2, 0.25) is 0 Å². The Balaban J connectivity index is 1.56. The zero-order valence-electron chi connectivity index (χ0n) is 19.1. The molecule has 0 saturated carbocycles. The largest absolute Gasteiger partial charge is 0.427 e. The standard InChI is InChI=1S/C25H35N2O2P/c1-17-7-9-22-20(11-17)13-21-12-18(2)8-10-23(21)29-30(28-22)26-16-19-14-24(3,4)27-25(5,6)15-19/h7-12,19,26-27H,13-16H2,1-6H3. The van der Waals surface area contributed by atoms with E-state index in [-0.39, 0.29) is 11.1 Å². The highest BCUT2D eigenvalue weighted by molar-refractivity contribution is 7.45. The van der Waals surface area contributed by atoms with Crippen LogP contribution < -0.4 is 19.5 Å². The second-order valence-electron chi connectivity index (χ2n) is 10.4. The number of aryl methyl sites for hydroxylation is 2. The molecule has 0 amide bonds. The monoisotopic (exact) mass is 426 g/mol. The second kappa shape index (κ2) is 8.15. The Morgan fingerprint density at radius 1 is 0.900 bits per heavy atom. The van der Waals surface area contributed by atoms with Gasteiger partial charge in [0.1, 0.15) is 11.5 Å². The van der Waals surface area contributed by atoms with E-state index < -0.39 is 8.53 Å². The lowest BCUT2D eigenvalue weighted by molar-refractivity contribution is 0.130. The molecule has 0 bridgehead atoms. The molecule has 2 heterocycles. The van der Waals surface area contributed by atoms with Crippen LogP contribution in [0.5, 0.6) is 11.5 Å². The maximum Gasteiger partial charge on any atom is 0.381 e. The molecule has 30 heavy (non-hydrogen) atoms. The predicted octanol–water partition coefficient (Wildman–Crippen LogP) is 6.04. The summed E-state index contributed by atoms with van der Waals surface area (Å²) in [5.41, 5.74) is 5.23. The van der Waals surface area contributed by atoms with Crippen molar-refractivity contribution >= 4 is 8.53 Å². The van der Waals surface area contributed by atoms with Gasteiger partial charge >= 0.3 is 8.53 Å².